The number of hydrogen-bond donors (Lipinski definition) is 0. The lowest BCUT2D eigenvalue weighted by Crippen LogP contribution is -2.09. The minimum Gasteiger partial charge on any atom is -0.402 e. The van der Waals surface area contributed by atoms with E-state index in [2.05, 4.69) is 31.1 Å². The molecular weight excluding hydrogens is 431 g/mol. The van der Waals surface area contributed by atoms with E-state index in [4.69, 9.17) is 27.9 Å². The highest BCUT2D eigenvalue weighted by atomic mass is 35.5. The van der Waals surface area contributed by atoms with Gasteiger partial charge in [-0.3, -0.25) is 0 Å². The Morgan fingerprint density at radius 2 is 1.65 bits per heavy atom. The third-order valence-electron chi connectivity index (χ3n) is 4.91. The SMILES string of the molecule is CC(C)c1ccc(-n2nc(OC(=O)c3ccccc3)cc2-c2ccc(Cl)cc2Cl)cc1. The highest BCUT2D eigenvalue weighted by Gasteiger charge is 2.18. The normalized spacial score (nSPS) is 11.0. The molecule has 3 aromatic carbocycles. The summed E-state index contributed by atoms with van der Waals surface area (Å²) < 4.78 is 7.27. The van der Waals surface area contributed by atoms with E-state index in [0.717, 1.165) is 11.3 Å². The van der Waals surface area contributed by atoms with E-state index in [0.29, 0.717) is 27.2 Å². The summed E-state index contributed by atoms with van der Waals surface area (Å²) in [4.78, 5) is 12.5. The number of rotatable bonds is 5. The molecule has 0 saturated carbocycles. The number of carbonyl (C=O) groups is 1. The Morgan fingerprint density at radius 3 is 2.29 bits per heavy atom. The van der Waals surface area contributed by atoms with Crippen LogP contribution in [0.15, 0.2) is 78.9 Å². The Balaban J connectivity index is 1.77. The third-order valence-corrected chi connectivity index (χ3v) is 5.45. The monoisotopic (exact) mass is 450 g/mol. The van der Waals surface area contributed by atoms with Gasteiger partial charge in [-0.05, 0) is 53.9 Å². The van der Waals surface area contributed by atoms with Gasteiger partial charge in [-0.1, -0.05) is 67.4 Å². The summed E-state index contributed by atoms with van der Waals surface area (Å²) in [5, 5.41) is 5.56. The predicted molar refractivity (Wildman–Crippen MR) is 125 cm³/mol. The Bertz CT molecular complexity index is 1220. The van der Waals surface area contributed by atoms with E-state index in [1.807, 2.05) is 24.3 Å². The first-order chi connectivity index (χ1) is 14.9. The quantitative estimate of drug-likeness (QED) is 0.302. The summed E-state index contributed by atoms with van der Waals surface area (Å²) in [5.74, 6) is 0.121. The molecule has 0 aliphatic carbocycles. The van der Waals surface area contributed by atoms with Gasteiger partial charge in [-0.25, -0.2) is 9.48 Å². The lowest BCUT2D eigenvalue weighted by atomic mass is 10.0. The lowest BCUT2D eigenvalue weighted by Gasteiger charge is -2.11. The van der Waals surface area contributed by atoms with Gasteiger partial charge < -0.3 is 4.74 Å². The molecule has 0 unspecified atom stereocenters. The van der Waals surface area contributed by atoms with Gasteiger partial charge in [0.2, 0.25) is 5.88 Å². The van der Waals surface area contributed by atoms with Gasteiger partial charge in [0.15, 0.2) is 0 Å². The van der Waals surface area contributed by atoms with Crippen LogP contribution < -0.4 is 4.74 Å². The molecule has 0 N–H and O–H groups in total. The number of benzene rings is 3. The number of ether oxygens (including phenoxy) is 1. The van der Waals surface area contributed by atoms with E-state index in [-0.39, 0.29) is 5.88 Å². The fourth-order valence-corrected chi connectivity index (χ4v) is 3.73. The molecule has 0 fully saturated rings. The molecule has 0 bridgehead atoms. The van der Waals surface area contributed by atoms with Gasteiger partial charge in [0.05, 0.1) is 22.0 Å². The molecular formula is C25H20Cl2N2O2. The Kier molecular flexibility index (Phi) is 6.12. The fraction of sp³-hybridized carbons (Fsp3) is 0.120. The van der Waals surface area contributed by atoms with E-state index in [9.17, 15) is 4.79 Å². The number of aromatic nitrogens is 2. The minimum absolute atomic E-state index is 0.183. The van der Waals surface area contributed by atoms with Gasteiger partial charge in [0.25, 0.3) is 0 Å². The van der Waals surface area contributed by atoms with Crippen molar-refractivity contribution in [1.82, 2.24) is 9.78 Å². The number of hydrogen-bond acceptors (Lipinski definition) is 3. The molecule has 31 heavy (non-hydrogen) atoms. The van der Waals surface area contributed by atoms with Gasteiger partial charge in [-0.2, -0.15) is 0 Å². The molecule has 4 rings (SSSR count). The number of carbonyl (C=O) groups excluding carboxylic acids is 1. The van der Waals surface area contributed by atoms with Crippen LogP contribution in [0.2, 0.25) is 10.0 Å². The average Bonchev–Trinajstić information content (AvgIpc) is 3.17. The van der Waals surface area contributed by atoms with Crippen LogP contribution in [0, 0.1) is 0 Å². The summed E-state index contributed by atoms with van der Waals surface area (Å²) in [6.45, 7) is 4.28. The summed E-state index contributed by atoms with van der Waals surface area (Å²) >= 11 is 12.5. The van der Waals surface area contributed by atoms with Crippen LogP contribution in [-0.2, 0) is 0 Å². The third kappa shape index (κ3) is 4.66. The smallest absolute Gasteiger partial charge is 0.344 e. The van der Waals surface area contributed by atoms with Gasteiger partial charge in [0.1, 0.15) is 0 Å². The Hall–Kier alpha value is -3.08. The van der Waals surface area contributed by atoms with E-state index in [1.54, 1.807) is 47.1 Å². The molecule has 0 atom stereocenters. The van der Waals surface area contributed by atoms with E-state index < -0.39 is 5.97 Å². The number of esters is 1. The molecule has 1 aromatic heterocycles. The zero-order valence-corrected chi connectivity index (χ0v) is 18.6. The van der Waals surface area contributed by atoms with Crippen molar-refractivity contribution in [3.8, 4) is 22.8 Å². The van der Waals surface area contributed by atoms with Crippen LogP contribution in [0.3, 0.4) is 0 Å². The van der Waals surface area contributed by atoms with Crippen molar-refractivity contribution in [3.05, 3.63) is 100 Å². The zero-order chi connectivity index (χ0) is 22.0. The molecule has 0 aliphatic rings. The van der Waals surface area contributed by atoms with Crippen molar-refractivity contribution in [2.75, 3.05) is 0 Å². The molecule has 6 heteroatoms. The van der Waals surface area contributed by atoms with Crippen LogP contribution >= 0.6 is 23.2 Å². The van der Waals surface area contributed by atoms with Crippen LogP contribution in [-0.4, -0.2) is 15.7 Å². The summed E-state index contributed by atoms with van der Waals surface area (Å²) in [6.07, 6.45) is 0. The molecule has 156 valence electrons. The highest BCUT2D eigenvalue weighted by molar-refractivity contribution is 6.36. The first-order valence-electron chi connectivity index (χ1n) is 9.85. The van der Waals surface area contributed by atoms with Gasteiger partial charge >= 0.3 is 5.97 Å². The first kappa shape index (κ1) is 21.2. The average molecular weight is 451 g/mol. The van der Waals surface area contributed by atoms with Crippen molar-refractivity contribution in [2.45, 2.75) is 19.8 Å². The van der Waals surface area contributed by atoms with Crippen LogP contribution in [0.1, 0.15) is 35.7 Å². The van der Waals surface area contributed by atoms with Crippen LogP contribution in [0.4, 0.5) is 0 Å². The van der Waals surface area contributed by atoms with Crippen molar-refractivity contribution in [3.63, 3.8) is 0 Å². The van der Waals surface area contributed by atoms with Crippen molar-refractivity contribution < 1.29 is 9.53 Å². The maximum atomic E-state index is 12.5. The van der Waals surface area contributed by atoms with Crippen LogP contribution in [0.5, 0.6) is 5.88 Å². The fourth-order valence-electron chi connectivity index (χ4n) is 3.22. The zero-order valence-electron chi connectivity index (χ0n) is 17.0. The predicted octanol–water partition coefficient (Wildman–Crippen LogP) is 7.19. The molecule has 0 radical (unpaired) electrons. The van der Waals surface area contributed by atoms with Crippen molar-refractivity contribution >= 4 is 29.2 Å². The second kappa shape index (κ2) is 8.96. The summed E-state index contributed by atoms with van der Waals surface area (Å²) in [5.41, 5.74) is 3.91. The van der Waals surface area contributed by atoms with Crippen LogP contribution in [0.25, 0.3) is 16.9 Å². The molecule has 0 aliphatic heterocycles. The number of halogens is 2. The second-order valence-electron chi connectivity index (χ2n) is 7.41. The van der Waals surface area contributed by atoms with E-state index in [1.165, 1.54) is 5.56 Å². The minimum atomic E-state index is -0.478. The highest BCUT2D eigenvalue weighted by Crippen LogP contribution is 2.34. The first-order valence-corrected chi connectivity index (χ1v) is 10.6. The topological polar surface area (TPSA) is 44.1 Å². The van der Waals surface area contributed by atoms with Crippen molar-refractivity contribution in [1.29, 1.82) is 0 Å². The maximum absolute atomic E-state index is 12.5. The number of nitrogens with zero attached hydrogens (tertiary/aromatic N) is 2. The van der Waals surface area contributed by atoms with Gasteiger partial charge in [0, 0.05) is 16.7 Å². The van der Waals surface area contributed by atoms with Crippen molar-refractivity contribution in [2.24, 2.45) is 0 Å². The van der Waals surface area contributed by atoms with E-state index >= 15 is 0 Å². The lowest BCUT2D eigenvalue weighted by molar-refractivity contribution is 0.0727. The molecule has 0 saturated heterocycles. The largest absolute Gasteiger partial charge is 0.402 e. The Morgan fingerprint density at radius 1 is 0.935 bits per heavy atom. The molecule has 0 spiro atoms. The second-order valence-corrected chi connectivity index (χ2v) is 8.25. The molecule has 4 nitrogen and oxygen atoms in total. The van der Waals surface area contributed by atoms with Gasteiger partial charge in [-0.15, -0.1) is 5.10 Å². The molecule has 1 heterocycles. The molecule has 4 aromatic rings. The molecule has 0 amide bonds. The maximum Gasteiger partial charge on any atom is 0.344 e. The summed E-state index contributed by atoms with van der Waals surface area (Å²) in [7, 11) is 0. The summed E-state index contributed by atoms with van der Waals surface area (Å²) in [6, 6.07) is 23.8. The standard InChI is InChI=1S/C25H20Cl2N2O2/c1-16(2)17-8-11-20(12-9-17)29-23(21-13-10-19(26)14-22(21)27)15-24(28-29)31-25(30)18-6-4-3-5-7-18/h3-16H,1-2H3. The Labute approximate surface area is 191 Å².